The summed E-state index contributed by atoms with van der Waals surface area (Å²) in [5, 5.41) is 22.9. The van der Waals surface area contributed by atoms with Gasteiger partial charge in [-0.25, -0.2) is 5.06 Å². The molecule has 2 aliphatic carbocycles. The van der Waals surface area contributed by atoms with E-state index in [0.29, 0.717) is 26.2 Å². The van der Waals surface area contributed by atoms with Gasteiger partial charge in [-0.15, -0.1) is 0 Å². The smallest absolute Gasteiger partial charge is 0.248 e. The van der Waals surface area contributed by atoms with Crippen LogP contribution in [0.15, 0.2) is 24.3 Å². The van der Waals surface area contributed by atoms with E-state index < -0.39 is 18.1 Å². The number of nitrogens with zero attached hydrogens (tertiary/aromatic N) is 3. The van der Waals surface area contributed by atoms with Gasteiger partial charge in [0.15, 0.2) is 6.23 Å². The molecule has 2 saturated carbocycles. The average Bonchev–Trinajstić information content (AvgIpc) is 3.50. The average molecular weight is 556 g/mol. The second-order valence-electron chi connectivity index (χ2n) is 12.0. The molecule has 0 radical (unpaired) electrons. The van der Waals surface area contributed by atoms with E-state index in [9.17, 15) is 15.2 Å². The molecule has 6 atom stereocenters. The number of hydrogen-bond acceptors (Lipinski definition) is 9. The van der Waals surface area contributed by atoms with Crippen LogP contribution in [0.3, 0.4) is 0 Å². The molecule has 40 heavy (non-hydrogen) atoms. The summed E-state index contributed by atoms with van der Waals surface area (Å²) in [7, 11) is 1.74. The lowest BCUT2D eigenvalue weighted by molar-refractivity contribution is -0.178. The summed E-state index contributed by atoms with van der Waals surface area (Å²) < 4.78 is 18.1. The Balaban J connectivity index is 1.35. The molecule has 1 aromatic carbocycles. The summed E-state index contributed by atoms with van der Waals surface area (Å²) in [5.41, 5.74) is 1.83. The molecular formula is C31H45N3O6. The zero-order valence-electron chi connectivity index (χ0n) is 24.0. The second-order valence-corrected chi connectivity index (χ2v) is 12.0. The largest absolute Gasteiger partial charge is 0.381 e. The van der Waals surface area contributed by atoms with Gasteiger partial charge in [0.05, 0.1) is 36.1 Å². The molecule has 0 amide bonds. The molecule has 5 rings (SSSR count). The van der Waals surface area contributed by atoms with E-state index in [0.717, 1.165) is 62.6 Å². The monoisotopic (exact) mass is 555 g/mol. The number of ketones is 1. The van der Waals surface area contributed by atoms with Gasteiger partial charge in [-0.1, -0.05) is 31.0 Å². The van der Waals surface area contributed by atoms with Crippen molar-refractivity contribution in [1.82, 2.24) is 4.90 Å². The Morgan fingerprint density at radius 3 is 2.60 bits per heavy atom. The summed E-state index contributed by atoms with van der Waals surface area (Å²) in [5.74, 6) is -0.0672. The zero-order chi connectivity index (χ0) is 28.1. The minimum atomic E-state index is -0.989. The van der Waals surface area contributed by atoms with Crippen LogP contribution >= 0.6 is 0 Å². The van der Waals surface area contributed by atoms with Gasteiger partial charge in [0.1, 0.15) is 6.07 Å². The van der Waals surface area contributed by atoms with Crippen LogP contribution in [0.25, 0.3) is 0 Å². The highest BCUT2D eigenvalue weighted by atomic mass is 16.7. The van der Waals surface area contributed by atoms with Crippen molar-refractivity contribution in [2.45, 2.75) is 101 Å². The van der Waals surface area contributed by atoms with Crippen LogP contribution < -0.4 is 5.06 Å². The Morgan fingerprint density at radius 2 is 1.90 bits per heavy atom. The Hall–Kier alpha value is -2.06. The number of ether oxygens (including phenoxy) is 3. The maximum absolute atomic E-state index is 13.0. The van der Waals surface area contributed by atoms with Crippen molar-refractivity contribution >= 4 is 11.5 Å². The fourth-order valence-corrected chi connectivity index (χ4v) is 7.25. The van der Waals surface area contributed by atoms with Gasteiger partial charge in [-0.3, -0.25) is 14.5 Å². The van der Waals surface area contributed by atoms with Crippen molar-refractivity contribution in [3.8, 4) is 6.07 Å². The normalized spacial score (nSPS) is 30.9. The minimum Gasteiger partial charge on any atom is -0.381 e. The maximum Gasteiger partial charge on any atom is 0.248 e. The highest BCUT2D eigenvalue weighted by Crippen LogP contribution is 2.42. The molecular weight excluding hydrogens is 510 g/mol. The third-order valence-electron chi connectivity index (χ3n) is 9.44. The number of anilines is 1. The van der Waals surface area contributed by atoms with E-state index in [-0.39, 0.29) is 42.8 Å². The van der Waals surface area contributed by atoms with Crippen LogP contribution in [-0.4, -0.2) is 85.9 Å². The molecule has 0 aromatic heterocycles. The number of methoxy groups -OCH3 is 1. The Morgan fingerprint density at radius 1 is 1.15 bits per heavy atom. The number of nitriles is 1. The van der Waals surface area contributed by atoms with Crippen molar-refractivity contribution in [1.29, 1.82) is 5.26 Å². The van der Waals surface area contributed by atoms with E-state index in [1.165, 1.54) is 0 Å². The first-order chi connectivity index (χ1) is 19.5. The van der Waals surface area contributed by atoms with E-state index >= 15 is 0 Å². The SMILES string of the molecule is COC1CCC2CN(CC(O)N(OC3CCCC3)c3ccccc3C)[C@H](C(=O)C#N)CC2C1OC1CCOCC1. The first-order valence-corrected chi connectivity index (χ1v) is 15.1. The molecule has 0 bridgehead atoms. The van der Waals surface area contributed by atoms with Gasteiger partial charge < -0.3 is 19.3 Å². The molecule has 4 fully saturated rings. The molecule has 0 spiro atoms. The topological polar surface area (TPSA) is 104 Å². The molecule has 2 heterocycles. The molecule has 9 heteroatoms. The summed E-state index contributed by atoms with van der Waals surface area (Å²) >= 11 is 0. The molecule has 220 valence electrons. The van der Waals surface area contributed by atoms with Gasteiger partial charge in [-0.2, -0.15) is 5.26 Å². The zero-order valence-corrected chi connectivity index (χ0v) is 24.0. The van der Waals surface area contributed by atoms with Crippen LogP contribution in [0, 0.1) is 30.1 Å². The number of rotatable bonds is 10. The second kappa shape index (κ2) is 13.7. The van der Waals surface area contributed by atoms with E-state index in [1.807, 2.05) is 42.2 Å². The molecule has 1 N–H and O–H groups in total. The number of benzene rings is 1. The number of hydrogen-bond donors (Lipinski definition) is 1. The van der Waals surface area contributed by atoms with Crippen molar-refractivity contribution in [3.05, 3.63) is 29.8 Å². The van der Waals surface area contributed by atoms with E-state index in [2.05, 4.69) is 0 Å². The number of likely N-dealkylation sites (tertiary alicyclic amines) is 1. The maximum atomic E-state index is 13.0. The lowest BCUT2D eigenvalue weighted by Gasteiger charge is -2.51. The summed E-state index contributed by atoms with van der Waals surface area (Å²) in [6.07, 6.45) is 7.29. The lowest BCUT2D eigenvalue weighted by Crippen LogP contribution is -2.60. The number of aliphatic hydroxyl groups excluding tert-OH is 1. The fourth-order valence-electron chi connectivity index (χ4n) is 7.25. The Labute approximate surface area is 238 Å². The predicted octanol–water partition coefficient (Wildman–Crippen LogP) is 3.77. The molecule has 5 unspecified atom stereocenters. The van der Waals surface area contributed by atoms with Crippen LogP contribution in [-0.2, 0) is 23.8 Å². The predicted molar refractivity (Wildman–Crippen MR) is 149 cm³/mol. The third-order valence-corrected chi connectivity index (χ3v) is 9.44. The highest BCUT2D eigenvalue weighted by molar-refractivity contribution is 5.97. The van der Waals surface area contributed by atoms with Gasteiger partial charge >= 0.3 is 0 Å². The number of aryl methyl sites for hydroxylation is 1. The number of aliphatic hydroxyl groups is 1. The number of carbonyl (C=O) groups excluding carboxylic acids is 1. The quantitative estimate of drug-likeness (QED) is 0.262. The number of fused-ring (bicyclic) bond motifs is 1. The molecule has 9 nitrogen and oxygen atoms in total. The first kappa shape index (κ1) is 29.4. The van der Waals surface area contributed by atoms with Gasteiger partial charge in [0.2, 0.25) is 5.78 Å². The van der Waals surface area contributed by atoms with Crippen LogP contribution in [0.2, 0.25) is 0 Å². The van der Waals surface area contributed by atoms with Gasteiger partial charge in [-0.05, 0) is 75.3 Å². The number of carbonyl (C=O) groups is 1. The van der Waals surface area contributed by atoms with E-state index in [1.54, 1.807) is 12.2 Å². The third kappa shape index (κ3) is 6.70. The van der Waals surface area contributed by atoms with Gasteiger partial charge in [0, 0.05) is 33.4 Å². The molecule has 4 aliphatic rings. The highest BCUT2D eigenvalue weighted by Gasteiger charge is 2.49. The van der Waals surface area contributed by atoms with Gasteiger partial charge in [0.25, 0.3) is 0 Å². The van der Waals surface area contributed by atoms with Crippen LogP contribution in [0.4, 0.5) is 5.69 Å². The fraction of sp³-hybridized carbons (Fsp3) is 0.742. The summed E-state index contributed by atoms with van der Waals surface area (Å²) in [6, 6.07) is 9.16. The Kier molecular flexibility index (Phi) is 10.1. The van der Waals surface area contributed by atoms with Crippen molar-refractivity contribution in [2.24, 2.45) is 11.8 Å². The lowest BCUT2D eigenvalue weighted by atomic mass is 9.69. The number of hydroxylamine groups is 1. The van der Waals surface area contributed by atoms with Crippen molar-refractivity contribution in [3.63, 3.8) is 0 Å². The first-order valence-electron chi connectivity index (χ1n) is 15.1. The molecule has 1 aromatic rings. The Bertz CT molecular complexity index is 1020. The van der Waals surface area contributed by atoms with Crippen LogP contribution in [0.5, 0.6) is 0 Å². The van der Waals surface area contributed by atoms with Crippen LogP contribution in [0.1, 0.15) is 63.4 Å². The van der Waals surface area contributed by atoms with E-state index in [4.69, 9.17) is 19.0 Å². The molecule has 2 aliphatic heterocycles. The standard InChI is InChI=1S/C31H45N3O6/c1-21-7-3-6-10-26(21)34(40-24-8-4-5-9-24)30(36)20-33-19-22-11-12-29(37-2)31(39-23-13-15-38-16-14-23)25(22)17-27(33)28(35)18-32/h3,6-7,10,22-25,27,29-31,36H,4-5,8-9,11-17,19-20H2,1-2H3/t22?,25?,27-,29?,30?,31?/m0/s1. The summed E-state index contributed by atoms with van der Waals surface area (Å²) in [4.78, 5) is 21.4. The number of piperidine rings is 1. The number of Topliss-reactive ketones (excluding diaryl/α,β-unsaturated/α-hetero) is 1. The van der Waals surface area contributed by atoms with Crippen molar-refractivity contribution in [2.75, 3.05) is 38.5 Å². The summed E-state index contributed by atoms with van der Waals surface area (Å²) in [6.45, 7) is 4.24. The molecule has 2 saturated heterocycles. The minimum absolute atomic E-state index is 0.0320. The van der Waals surface area contributed by atoms with Crippen molar-refractivity contribution < 1.29 is 28.9 Å². The number of β-amino-alcohol motifs (C(OH)–C–C–N with tert-alkyl or cyclic N) is 1. The number of para-hydroxylation sites is 1.